The Labute approximate surface area is 190 Å². The summed E-state index contributed by atoms with van der Waals surface area (Å²) in [5, 5.41) is 5.77. The second-order valence-corrected chi connectivity index (χ2v) is 10.3. The van der Waals surface area contributed by atoms with E-state index >= 15 is 0 Å². The lowest BCUT2D eigenvalue weighted by Gasteiger charge is -2.26. The number of hydrogen-bond acceptors (Lipinski definition) is 6. The molecule has 0 bridgehead atoms. The van der Waals surface area contributed by atoms with Gasteiger partial charge in [-0.15, -0.1) is 0 Å². The third-order valence-corrected chi connectivity index (χ3v) is 7.84. The molecule has 0 aromatic heterocycles. The number of hydrogen-bond donors (Lipinski definition) is 2. The number of carbonyl (C=O) groups is 2. The smallest absolute Gasteiger partial charge is 0.238 e. The number of morpholine rings is 1. The summed E-state index contributed by atoms with van der Waals surface area (Å²) >= 11 is 0. The molecule has 9 nitrogen and oxygen atoms in total. The van der Waals surface area contributed by atoms with E-state index in [0.29, 0.717) is 57.7 Å². The van der Waals surface area contributed by atoms with Gasteiger partial charge in [0, 0.05) is 44.8 Å². The highest BCUT2D eigenvalue weighted by molar-refractivity contribution is 7.89. The van der Waals surface area contributed by atoms with Crippen LogP contribution in [0.1, 0.15) is 38.2 Å². The highest BCUT2D eigenvalue weighted by Gasteiger charge is 2.37. The van der Waals surface area contributed by atoms with Crippen molar-refractivity contribution < 1.29 is 22.7 Å². The first kappa shape index (κ1) is 24.6. The van der Waals surface area contributed by atoms with E-state index in [4.69, 9.17) is 4.74 Å². The quantitative estimate of drug-likeness (QED) is 0.536. The Kier molecular flexibility index (Phi) is 9.03. The van der Waals surface area contributed by atoms with Gasteiger partial charge in [0.25, 0.3) is 0 Å². The number of anilines is 1. The zero-order valence-corrected chi connectivity index (χ0v) is 19.5. The first-order chi connectivity index (χ1) is 15.4. The molecule has 2 aliphatic heterocycles. The predicted molar refractivity (Wildman–Crippen MR) is 123 cm³/mol. The van der Waals surface area contributed by atoms with Crippen molar-refractivity contribution in [2.45, 2.75) is 45.2 Å². The summed E-state index contributed by atoms with van der Waals surface area (Å²) in [6, 6.07) is 6.69. The van der Waals surface area contributed by atoms with Crippen LogP contribution in [-0.4, -0.2) is 80.6 Å². The number of nitrogens with zero attached hydrogens (tertiary/aromatic N) is 2. The highest BCUT2D eigenvalue weighted by atomic mass is 32.2. The minimum atomic E-state index is -3.41. The van der Waals surface area contributed by atoms with Crippen LogP contribution in [0.25, 0.3) is 0 Å². The maximum absolute atomic E-state index is 12.7. The average Bonchev–Trinajstić information content (AvgIpc) is 3.28. The third kappa shape index (κ3) is 6.99. The number of rotatable bonds is 10. The molecule has 2 N–H and O–H groups in total. The van der Waals surface area contributed by atoms with Crippen LogP contribution in [-0.2, 0) is 30.9 Å². The predicted octanol–water partition coefficient (Wildman–Crippen LogP) is 1.17. The van der Waals surface area contributed by atoms with Crippen molar-refractivity contribution in [3.05, 3.63) is 29.8 Å². The largest absolute Gasteiger partial charge is 0.379 e. The summed E-state index contributed by atoms with van der Waals surface area (Å²) in [6.07, 6.45) is 2.16. The van der Waals surface area contributed by atoms with Crippen LogP contribution in [0.2, 0.25) is 0 Å². The van der Waals surface area contributed by atoms with Gasteiger partial charge in [0.2, 0.25) is 21.8 Å². The fraction of sp³-hybridized carbons (Fsp3) is 0.636. The average molecular weight is 467 g/mol. The third-order valence-electron chi connectivity index (χ3n) is 5.76. The van der Waals surface area contributed by atoms with Gasteiger partial charge in [-0.1, -0.05) is 19.1 Å². The van der Waals surface area contributed by atoms with E-state index in [1.54, 1.807) is 0 Å². The SMILES string of the molecule is CCCS(=O)(=O)N1CCCC1C(=O)NCc1cccc(NC(=O)CCN2CCOCC2)c1. The lowest BCUT2D eigenvalue weighted by molar-refractivity contribution is -0.124. The molecule has 32 heavy (non-hydrogen) atoms. The summed E-state index contributed by atoms with van der Waals surface area (Å²) < 4.78 is 31.5. The van der Waals surface area contributed by atoms with Gasteiger partial charge in [-0.25, -0.2) is 8.42 Å². The number of ether oxygens (including phenoxy) is 1. The monoisotopic (exact) mass is 466 g/mol. The second kappa shape index (κ2) is 11.7. The zero-order chi connectivity index (χ0) is 23.0. The Morgan fingerprint density at radius 1 is 1.19 bits per heavy atom. The van der Waals surface area contributed by atoms with Crippen LogP contribution in [0, 0.1) is 0 Å². The Balaban J connectivity index is 1.49. The molecular formula is C22H34N4O5S. The van der Waals surface area contributed by atoms with Gasteiger partial charge < -0.3 is 15.4 Å². The zero-order valence-electron chi connectivity index (χ0n) is 18.7. The van der Waals surface area contributed by atoms with Gasteiger partial charge in [0.05, 0.1) is 19.0 Å². The first-order valence-corrected chi connectivity index (χ1v) is 13.0. The molecule has 1 aromatic rings. The number of amides is 2. The molecule has 2 fully saturated rings. The van der Waals surface area contributed by atoms with Crippen molar-refractivity contribution in [2.24, 2.45) is 0 Å². The molecule has 2 saturated heterocycles. The van der Waals surface area contributed by atoms with Crippen LogP contribution in [0.15, 0.2) is 24.3 Å². The summed E-state index contributed by atoms with van der Waals surface area (Å²) in [5.74, 6) is -0.271. The Bertz CT molecular complexity index is 886. The van der Waals surface area contributed by atoms with Gasteiger partial charge in [-0.2, -0.15) is 4.31 Å². The highest BCUT2D eigenvalue weighted by Crippen LogP contribution is 2.22. The lowest BCUT2D eigenvalue weighted by Crippen LogP contribution is -2.46. The van der Waals surface area contributed by atoms with Crippen LogP contribution < -0.4 is 10.6 Å². The fourth-order valence-electron chi connectivity index (χ4n) is 4.08. The number of benzene rings is 1. The molecular weight excluding hydrogens is 432 g/mol. The number of sulfonamides is 1. The van der Waals surface area contributed by atoms with E-state index in [2.05, 4.69) is 15.5 Å². The van der Waals surface area contributed by atoms with E-state index in [1.807, 2.05) is 31.2 Å². The number of carbonyl (C=O) groups excluding carboxylic acids is 2. The molecule has 2 aliphatic rings. The van der Waals surface area contributed by atoms with E-state index in [-0.39, 0.29) is 24.1 Å². The van der Waals surface area contributed by atoms with Crippen molar-refractivity contribution in [3.63, 3.8) is 0 Å². The second-order valence-electron chi connectivity index (χ2n) is 8.26. The molecule has 0 aliphatic carbocycles. The summed E-state index contributed by atoms with van der Waals surface area (Å²) in [7, 11) is -3.41. The van der Waals surface area contributed by atoms with Crippen molar-refractivity contribution in [1.82, 2.24) is 14.5 Å². The molecule has 0 radical (unpaired) electrons. The van der Waals surface area contributed by atoms with Crippen LogP contribution >= 0.6 is 0 Å². The standard InChI is InChI=1S/C22H34N4O5S/c1-2-15-32(29,30)26-9-4-7-20(26)22(28)23-17-18-5-3-6-19(16-18)24-21(27)8-10-25-11-13-31-14-12-25/h3,5-6,16,20H,2,4,7-15,17H2,1H3,(H,23,28)(H,24,27). The number of nitrogens with one attached hydrogen (secondary N) is 2. The van der Waals surface area contributed by atoms with Gasteiger partial charge in [0.15, 0.2) is 0 Å². The molecule has 10 heteroatoms. The van der Waals surface area contributed by atoms with Crippen molar-refractivity contribution in [3.8, 4) is 0 Å². The van der Waals surface area contributed by atoms with E-state index in [9.17, 15) is 18.0 Å². The normalized spacial score (nSPS) is 20.2. The summed E-state index contributed by atoms with van der Waals surface area (Å²) in [4.78, 5) is 27.2. The van der Waals surface area contributed by atoms with Gasteiger partial charge >= 0.3 is 0 Å². The molecule has 0 saturated carbocycles. The topological polar surface area (TPSA) is 108 Å². The maximum Gasteiger partial charge on any atom is 0.238 e. The molecule has 1 aromatic carbocycles. The van der Waals surface area contributed by atoms with Crippen LogP contribution in [0.3, 0.4) is 0 Å². The van der Waals surface area contributed by atoms with Crippen molar-refractivity contribution >= 4 is 27.5 Å². The van der Waals surface area contributed by atoms with Gasteiger partial charge in [-0.05, 0) is 37.0 Å². The van der Waals surface area contributed by atoms with Gasteiger partial charge in [0.1, 0.15) is 6.04 Å². The van der Waals surface area contributed by atoms with E-state index in [0.717, 1.165) is 18.7 Å². The Hall–Kier alpha value is -2.01. The minimum absolute atomic E-state index is 0.0552. The Morgan fingerprint density at radius 3 is 2.72 bits per heavy atom. The molecule has 1 atom stereocenters. The van der Waals surface area contributed by atoms with Gasteiger partial charge in [-0.3, -0.25) is 14.5 Å². The van der Waals surface area contributed by atoms with E-state index in [1.165, 1.54) is 4.31 Å². The Morgan fingerprint density at radius 2 is 1.97 bits per heavy atom. The van der Waals surface area contributed by atoms with Crippen molar-refractivity contribution in [2.75, 3.05) is 50.5 Å². The molecule has 3 rings (SSSR count). The minimum Gasteiger partial charge on any atom is -0.379 e. The maximum atomic E-state index is 12.7. The molecule has 0 spiro atoms. The summed E-state index contributed by atoms with van der Waals surface area (Å²) in [6.45, 7) is 6.29. The van der Waals surface area contributed by atoms with E-state index < -0.39 is 16.1 Å². The van der Waals surface area contributed by atoms with Crippen molar-refractivity contribution in [1.29, 1.82) is 0 Å². The first-order valence-electron chi connectivity index (χ1n) is 11.3. The molecule has 1 unspecified atom stereocenters. The fourth-order valence-corrected chi connectivity index (χ4v) is 5.83. The summed E-state index contributed by atoms with van der Waals surface area (Å²) in [5.41, 5.74) is 1.52. The van der Waals surface area contributed by atoms with Crippen LogP contribution in [0.4, 0.5) is 5.69 Å². The molecule has 2 amide bonds. The van der Waals surface area contributed by atoms with Crippen LogP contribution in [0.5, 0.6) is 0 Å². The lowest BCUT2D eigenvalue weighted by atomic mass is 10.1. The molecule has 2 heterocycles. The molecule has 178 valence electrons.